The van der Waals surface area contributed by atoms with Crippen LogP contribution in [0.25, 0.3) is 0 Å². The fourth-order valence-electron chi connectivity index (χ4n) is 3.19. The summed E-state index contributed by atoms with van der Waals surface area (Å²) in [6.45, 7) is 6.13. The number of hydrogen-bond donors (Lipinski definition) is 0. The van der Waals surface area contributed by atoms with E-state index in [-0.39, 0.29) is 17.5 Å². The molecular weight excluding hydrogens is 227 g/mol. The first-order valence-corrected chi connectivity index (χ1v) is 6.77. The van der Waals surface area contributed by atoms with Gasteiger partial charge in [-0.05, 0) is 61.8 Å². The maximum absolute atomic E-state index is 13.2. The molecule has 1 aromatic rings. The summed E-state index contributed by atoms with van der Waals surface area (Å²) in [5.74, 6) is 1.30. The zero-order valence-corrected chi connectivity index (χ0v) is 11.4. The van der Waals surface area contributed by atoms with Crippen LogP contribution in [-0.4, -0.2) is 5.78 Å². The van der Waals surface area contributed by atoms with Gasteiger partial charge in [0.1, 0.15) is 5.82 Å². The van der Waals surface area contributed by atoms with Gasteiger partial charge >= 0.3 is 0 Å². The van der Waals surface area contributed by atoms with Crippen LogP contribution in [0.5, 0.6) is 0 Å². The predicted octanol–water partition coefficient (Wildman–Crippen LogP) is 4.39. The molecule has 1 aliphatic rings. The van der Waals surface area contributed by atoms with Crippen molar-refractivity contribution in [3.63, 3.8) is 0 Å². The second kappa shape index (κ2) is 5.21. The van der Waals surface area contributed by atoms with E-state index in [1.165, 1.54) is 12.5 Å². The monoisotopic (exact) mass is 248 g/mol. The molecule has 1 fully saturated rings. The van der Waals surface area contributed by atoms with Crippen molar-refractivity contribution < 1.29 is 9.18 Å². The van der Waals surface area contributed by atoms with Crippen LogP contribution in [-0.2, 0) is 0 Å². The molecular formula is C16H21FO. The third kappa shape index (κ3) is 2.80. The molecule has 2 unspecified atom stereocenters. The van der Waals surface area contributed by atoms with Crippen molar-refractivity contribution >= 4 is 5.78 Å². The third-order valence-corrected chi connectivity index (χ3v) is 3.99. The number of aryl methyl sites for hydroxylation is 1. The van der Waals surface area contributed by atoms with Gasteiger partial charge in [-0.2, -0.15) is 0 Å². The first-order valence-electron chi connectivity index (χ1n) is 6.77. The molecule has 0 aromatic heterocycles. The van der Waals surface area contributed by atoms with Gasteiger partial charge in [-0.25, -0.2) is 4.39 Å². The summed E-state index contributed by atoms with van der Waals surface area (Å²) in [6, 6.07) is 4.70. The number of carbonyl (C=O) groups is 1. The minimum atomic E-state index is -0.239. The molecule has 1 saturated carbocycles. The number of halogens is 1. The zero-order chi connectivity index (χ0) is 13.3. The molecule has 1 nitrogen and oxygen atoms in total. The van der Waals surface area contributed by atoms with E-state index in [0.29, 0.717) is 23.0 Å². The van der Waals surface area contributed by atoms with E-state index in [4.69, 9.17) is 0 Å². The Hall–Kier alpha value is -1.18. The standard InChI is InChI=1S/C16H21FO/c1-10-6-11(2)8-14(7-10)16(18)13-4-5-15(17)12(3)9-13/h4-5,9-11,14H,6-8H2,1-3H3. The molecule has 2 rings (SSSR count). The van der Waals surface area contributed by atoms with Crippen LogP contribution < -0.4 is 0 Å². The van der Waals surface area contributed by atoms with Gasteiger partial charge in [-0.15, -0.1) is 0 Å². The van der Waals surface area contributed by atoms with Gasteiger partial charge in [0.15, 0.2) is 5.78 Å². The van der Waals surface area contributed by atoms with Crippen molar-refractivity contribution in [2.45, 2.75) is 40.0 Å². The number of Topliss-reactive ketones (excluding diaryl/α,β-unsaturated/α-hetero) is 1. The number of rotatable bonds is 2. The van der Waals surface area contributed by atoms with Gasteiger partial charge in [0.05, 0.1) is 0 Å². The van der Waals surface area contributed by atoms with Gasteiger partial charge in [-0.3, -0.25) is 4.79 Å². The second-order valence-corrected chi connectivity index (χ2v) is 5.94. The quantitative estimate of drug-likeness (QED) is 0.709. The lowest BCUT2D eigenvalue weighted by molar-refractivity contribution is 0.0836. The summed E-state index contributed by atoms with van der Waals surface area (Å²) < 4.78 is 13.2. The number of hydrogen-bond acceptors (Lipinski definition) is 1. The molecule has 0 bridgehead atoms. The molecule has 0 amide bonds. The number of carbonyl (C=O) groups excluding carboxylic acids is 1. The van der Waals surface area contributed by atoms with Crippen LogP contribution in [0.15, 0.2) is 18.2 Å². The van der Waals surface area contributed by atoms with Crippen LogP contribution in [0.4, 0.5) is 4.39 Å². The fraction of sp³-hybridized carbons (Fsp3) is 0.562. The Labute approximate surface area is 108 Å². The minimum absolute atomic E-state index is 0.119. The van der Waals surface area contributed by atoms with Crippen molar-refractivity contribution in [3.8, 4) is 0 Å². The molecule has 0 N–H and O–H groups in total. The van der Waals surface area contributed by atoms with Crippen LogP contribution in [0.3, 0.4) is 0 Å². The summed E-state index contributed by atoms with van der Waals surface area (Å²) in [4.78, 5) is 12.4. The van der Waals surface area contributed by atoms with Crippen LogP contribution in [0, 0.1) is 30.5 Å². The van der Waals surface area contributed by atoms with Crippen molar-refractivity contribution in [1.82, 2.24) is 0 Å². The van der Waals surface area contributed by atoms with E-state index in [1.807, 2.05) is 0 Å². The van der Waals surface area contributed by atoms with Crippen molar-refractivity contribution in [2.24, 2.45) is 17.8 Å². The average Bonchev–Trinajstić information content (AvgIpc) is 2.30. The SMILES string of the molecule is Cc1cc(C(=O)C2CC(C)CC(C)C2)ccc1F. The minimum Gasteiger partial charge on any atom is -0.294 e. The van der Waals surface area contributed by atoms with Gasteiger partial charge in [0, 0.05) is 11.5 Å². The Morgan fingerprint density at radius 1 is 1.17 bits per heavy atom. The molecule has 18 heavy (non-hydrogen) atoms. The van der Waals surface area contributed by atoms with Crippen LogP contribution in [0.1, 0.15) is 49.0 Å². The number of benzene rings is 1. The highest BCUT2D eigenvalue weighted by atomic mass is 19.1. The average molecular weight is 248 g/mol. The van der Waals surface area contributed by atoms with Crippen LogP contribution >= 0.6 is 0 Å². The molecule has 0 heterocycles. The van der Waals surface area contributed by atoms with Crippen molar-refractivity contribution in [3.05, 3.63) is 35.1 Å². The summed E-state index contributed by atoms with van der Waals surface area (Å²) in [6.07, 6.45) is 3.16. The zero-order valence-electron chi connectivity index (χ0n) is 11.4. The molecule has 0 aliphatic heterocycles. The Morgan fingerprint density at radius 3 is 2.33 bits per heavy atom. The Morgan fingerprint density at radius 2 is 1.78 bits per heavy atom. The third-order valence-electron chi connectivity index (χ3n) is 3.99. The molecule has 98 valence electrons. The highest BCUT2D eigenvalue weighted by molar-refractivity contribution is 5.98. The molecule has 0 saturated heterocycles. The topological polar surface area (TPSA) is 17.1 Å². The summed E-state index contributed by atoms with van der Waals surface area (Å²) in [5.41, 5.74) is 1.22. The Kier molecular flexibility index (Phi) is 3.84. The summed E-state index contributed by atoms with van der Waals surface area (Å²) in [7, 11) is 0. The van der Waals surface area contributed by atoms with E-state index < -0.39 is 0 Å². The lowest BCUT2D eigenvalue weighted by Crippen LogP contribution is -2.26. The first-order chi connectivity index (χ1) is 8.47. The smallest absolute Gasteiger partial charge is 0.165 e. The lowest BCUT2D eigenvalue weighted by Gasteiger charge is -2.30. The Balaban J connectivity index is 2.17. The molecule has 2 atom stereocenters. The van der Waals surface area contributed by atoms with Gasteiger partial charge in [0.2, 0.25) is 0 Å². The van der Waals surface area contributed by atoms with E-state index in [1.54, 1.807) is 19.1 Å². The molecule has 1 aliphatic carbocycles. The van der Waals surface area contributed by atoms with Crippen molar-refractivity contribution in [2.75, 3.05) is 0 Å². The van der Waals surface area contributed by atoms with Gasteiger partial charge < -0.3 is 0 Å². The van der Waals surface area contributed by atoms with E-state index in [2.05, 4.69) is 13.8 Å². The molecule has 2 heteroatoms. The van der Waals surface area contributed by atoms with E-state index >= 15 is 0 Å². The fourth-order valence-corrected chi connectivity index (χ4v) is 3.19. The predicted molar refractivity (Wildman–Crippen MR) is 71.1 cm³/mol. The van der Waals surface area contributed by atoms with Gasteiger partial charge in [-0.1, -0.05) is 13.8 Å². The number of ketones is 1. The Bertz CT molecular complexity index is 442. The van der Waals surface area contributed by atoms with E-state index in [9.17, 15) is 9.18 Å². The molecule has 1 aromatic carbocycles. The largest absolute Gasteiger partial charge is 0.294 e. The maximum atomic E-state index is 13.2. The highest BCUT2D eigenvalue weighted by Crippen LogP contribution is 2.34. The lowest BCUT2D eigenvalue weighted by atomic mass is 9.74. The van der Waals surface area contributed by atoms with Gasteiger partial charge in [0.25, 0.3) is 0 Å². The normalized spacial score (nSPS) is 28.1. The molecule has 0 radical (unpaired) electrons. The van der Waals surface area contributed by atoms with E-state index in [0.717, 1.165) is 12.8 Å². The maximum Gasteiger partial charge on any atom is 0.165 e. The summed E-state index contributed by atoms with van der Waals surface area (Å²) >= 11 is 0. The first kappa shape index (κ1) is 13.3. The highest BCUT2D eigenvalue weighted by Gasteiger charge is 2.29. The summed E-state index contributed by atoms with van der Waals surface area (Å²) in [5, 5.41) is 0. The van der Waals surface area contributed by atoms with Crippen molar-refractivity contribution in [1.29, 1.82) is 0 Å². The second-order valence-electron chi connectivity index (χ2n) is 5.94. The van der Waals surface area contributed by atoms with Crippen LogP contribution in [0.2, 0.25) is 0 Å². The molecule has 0 spiro atoms.